The van der Waals surface area contributed by atoms with Crippen LogP contribution in [-0.2, 0) is 0 Å². The molecule has 3 aromatic heterocycles. The van der Waals surface area contributed by atoms with Gasteiger partial charge in [-0.15, -0.1) is 11.3 Å². The molecule has 3 N–H and O–H groups in total. The molecule has 0 saturated heterocycles. The van der Waals surface area contributed by atoms with Crippen LogP contribution in [0.15, 0.2) is 11.7 Å². The van der Waals surface area contributed by atoms with E-state index in [-0.39, 0.29) is 23.3 Å². The van der Waals surface area contributed by atoms with Gasteiger partial charge in [-0.2, -0.15) is 9.97 Å². The van der Waals surface area contributed by atoms with Crippen molar-refractivity contribution in [2.75, 3.05) is 5.73 Å². The van der Waals surface area contributed by atoms with Gasteiger partial charge in [0.15, 0.2) is 16.5 Å². The minimum absolute atomic E-state index is 0.0908. The number of rotatable bonds is 3. The molecular formula is C16H18ClN7OS. The van der Waals surface area contributed by atoms with Crippen molar-refractivity contribution < 1.29 is 4.79 Å². The number of carbonyl (C=O) groups is 1. The molecule has 0 aliphatic heterocycles. The minimum Gasteiger partial charge on any atom is -0.382 e. The fourth-order valence-corrected chi connectivity index (χ4v) is 4.25. The van der Waals surface area contributed by atoms with E-state index in [0.717, 1.165) is 31.4 Å². The Labute approximate surface area is 158 Å². The molecule has 1 aliphatic carbocycles. The van der Waals surface area contributed by atoms with Crippen molar-refractivity contribution in [2.45, 2.75) is 44.7 Å². The molecule has 26 heavy (non-hydrogen) atoms. The van der Waals surface area contributed by atoms with E-state index in [4.69, 9.17) is 17.3 Å². The van der Waals surface area contributed by atoms with Gasteiger partial charge in [0.05, 0.1) is 6.33 Å². The van der Waals surface area contributed by atoms with Crippen molar-refractivity contribution in [1.82, 2.24) is 29.8 Å². The first kappa shape index (κ1) is 17.2. The lowest BCUT2D eigenvalue weighted by Crippen LogP contribution is -2.38. The molecule has 8 nitrogen and oxygen atoms in total. The number of nitrogens with zero attached hydrogens (tertiary/aromatic N) is 5. The molecule has 4 rings (SSSR count). The number of thiazole rings is 1. The van der Waals surface area contributed by atoms with E-state index in [1.807, 2.05) is 16.9 Å². The number of aromatic nitrogens is 5. The SMILES string of the molecule is Cc1csc(C(=O)N[C@H]2CC[C@@H](n3cnc4c(N)nc(Cl)nc43)CC2)n1. The van der Waals surface area contributed by atoms with E-state index in [0.29, 0.717) is 22.0 Å². The number of imidazole rings is 1. The number of hydrogen-bond acceptors (Lipinski definition) is 7. The second kappa shape index (κ2) is 6.81. The Hall–Kier alpha value is -2.26. The lowest BCUT2D eigenvalue weighted by Gasteiger charge is -2.29. The Morgan fingerprint density at radius 2 is 2.08 bits per heavy atom. The number of amides is 1. The zero-order valence-corrected chi connectivity index (χ0v) is 15.7. The highest BCUT2D eigenvalue weighted by molar-refractivity contribution is 7.11. The predicted molar refractivity (Wildman–Crippen MR) is 100 cm³/mol. The standard InChI is InChI=1S/C16H18ClN7OS/c1-8-6-26-15(20-8)14(25)21-9-2-4-10(5-3-9)24-7-19-11-12(18)22-16(17)23-13(11)24/h6-7,9-10H,2-5H2,1H3,(H,21,25)(H2,18,22,23)/t9-,10+. The molecule has 3 heterocycles. The number of nitrogens with two attached hydrogens (primary N) is 1. The van der Waals surface area contributed by atoms with Crippen LogP contribution < -0.4 is 11.1 Å². The van der Waals surface area contributed by atoms with Crippen molar-refractivity contribution in [1.29, 1.82) is 0 Å². The summed E-state index contributed by atoms with van der Waals surface area (Å²) >= 11 is 7.31. The van der Waals surface area contributed by atoms with E-state index in [1.54, 1.807) is 6.33 Å². The van der Waals surface area contributed by atoms with Gasteiger partial charge < -0.3 is 15.6 Å². The molecule has 10 heteroatoms. The number of carbonyl (C=O) groups excluding carboxylic acids is 1. The van der Waals surface area contributed by atoms with E-state index < -0.39 is 0 Å². The zero-order valence-electron chi connectivity index (χ0n) is 14.1. The van der Waals surface area contributed by atoms with Crippen LogP contribution in [0.5, 0.6) is 0 Å². The average molecular weight is 392 g/mol. The first-order chi connectivity index (χ1) is 12.5. The quantitative estimate of drug-likeness (QED) is 0.664. The van der Waals surface area contributed by atoms with Gasteiger partial charge in [-0.25, -0.2) is 9.97 Å². The molecule has 1 fully saturated rings. The van der Waals surface area contributed by atoms with Crippen LogP contribution >= 0.6 is 22.9 Å². The molecule has 1 aliphatic rings. The van der Waals surface area contributed by atoms with Crippen molar-refractivity contribution in [3.05, 3.63) is 27.7 Å². The first-order valence-corrected chi connectivity index (χ1v) is 9.65. The number of nitrogen functional groups attached to an aromatic ring is 1. The highest BCUT2D eigenvalue weighted by Gasteiger charge is 2.26. The molecule has 1 saturated carbocycles. The number of anilines is 1. The molecule has 3 aromatic rings. The van der Waals surface area contributed by atoms with Crippen molar-refractivity contribution in [3.8, 4) is 0 Å². The second-order valence-electron chi connectivity index (χ2n) is 6.47. The molecule has 1 amide bonds. The summed E-state index contributed by atoms with van der Waals surface area (Å²) in [6, 6.07) is 0.404. The van der Waals surface area contributed by atoms with Crippen LogP contribution in [0, 0.1) is 6.92 Å². The first-order valence-electron chi connectivity index (χ1n) is 8.40. The summed E-state index contributed by atoms with van der Waals surface area (Å²) in [7, 11) is 0. The number of hydrogen-bond donors (Lipinski definition) is 2. The van der Waals surface area contributed by atoms with E-state index in [2.05, 4.69) is 25.3 Å². The zero-order chi connectivity index (χ0) is 18.3. The van der Waals surface area contributed by atoms with Gasteiger partial charge in [0.25, 0.3) is 5.91 Å². The monoisotopic (exact) mass is 391 g/mol. The molecule has 0 bridgehead atoms. The van der Waals surface area contributed by atoms with Crippen molar-refractivity contribution in [3.63, 3.8) is 0 Å². The average Bonchev–Trinajstić information content (AvgIpc) is 3.22. The molecular weight excluding hydrogens is 374 g/mol. The summed E-state index contributed by atoms with van der Waals surface area (Å²) in [6.07, 6.45) is 5.33. The minimum atomic E-state index is -0.0908. The van der Waals surface area contributed by atoms with Gasteiger partial charge in [0.2, 0.25) is 5.28 Å². The van der Waals surface area contributed by atoms with E-state index in [9.17, 15) is 4.79 Å². The number of nitrogens with one attached hydrogen (secondary N) is 1. The van der Waals surface area contributed by atoms with Crippen LogP contribution in [0.25, 0.3) is 11.2 Å². The van der Waals surface area contributed by atoms with Gasteiger partial charge in [0.1, 0.15) is 5.52 Å². The van der Waals surface area contributed by atoms with Crippen LogP contribution in [0.1, 0.15) is 47.2 Å². The maximum Gasteiger partial charge on any atom is 0.280 e. The second-order valence-corrected chi connectivity index (χ2v) is 7.67. The molecule has 0 atom stereocenters. The lowest BCUT2D eigenvalue weighted by molar-refractivity contribution is 0.0922. The van der Waals surface area contributed by atoms with Crippen LogP contribution in [0.2, 0.25) is 5.28 Å². The topological polar surface area (TPSA) is 112 Å². The molecule has 0 unspecified atom stereocenters. The van der Waals surface area contributed by atoms with Gasteiger partial charge in [-0.3, -0.25) is 4.79 Å². The molecule has 0 aromatic carbocycles. The summed E-state index contributed by atoms with van der Waals surface area (Å²) in [5.41, 5.74) is 7.97. The number of aryl methyl sites for hydroxylation is 1. The highest BCUT2D eigenvalue weighted by Crippen LogP contribution is 2.32. The van der Waals surface area contributed by atoms with Crippen molar-refractivity contribution in [2.24, 2.45) is 0 Å². The smallest absolute Gasteiger partial charge is 0.280 e. The number of halogens is 1. The van der Waals surface area contributed by atoms with Crippen LogP contribution in [0.3, 0.4) is 0 Å². The lowest BCUT2D eigenvalue weighted by atomic mass is 9.91. The summed E-state index contributed by atoms with van der Waals surface area (Å²) < 4.78 is 2.02. The molecule has 136 valence electrons. The molecule has 0 spiro atoms. The summed E-state index contributed by atoms with van der Waals surface area (Å²) in [6.45, 7) is 1.89. The van der Waals surface area contributed by atoms with Gasteiger partial charge in [-0.1, -0.05) is 0 Å². The summed E-state index contributed by atoms with van der Waals surface area (Å²) in [4.78, 5) is 29.0. The number of fused-ring (bicyclic) bond motifs is 1. The third-order valence-corrected chi connectivity index (χ3v) is 5.79. The van der Waals surface area contributed by atoms with Crippen molar-refractivity contribution >= 4 is 45.8 Å². The third kappa shape index (κ3) is 3.24. The fraction of sp³-hybridized carbons (Fsp3) is 0.438. The Morgan fingerprint density at radius 1 is 1.31 bits per heavy atom. The molecule has 0 radical (unpaired) electrons. The summed E-state index contributed by atoms with van der Waals surface area (Å²) in [5, 5.41) is 5.61. The van der Waals surface area contributed by atoms with Gasteiger partial charge in [0, 0.05) is 23.2 Å². The van der Waals surface area contributed by atoms with Crippen LogP contribution in [-0.4, -0.2) is 36.5 Å². The largest absolute Gasteiger partial charge is 0.382 e. The maximum atomic E-state index is 12.3. The Bertz CT molecular complexity index is 961. The Kier molecular flexibility index (Phi) is 4.49. The fourth-order valence-electron chi connectivity index (χ4n) is 3.38. The normalized spacial score (nSPS) is 20.4. The highest BCUT2D eigenvalue weighted by atomic mass is 35.5. The van der Waals surface area contributed by atoms with E-state index in [1.165, 1.54) is 11.3 Å². The summed E-state index contributed by atoms with van der Waals surface area (Å²) in [5.74, 6) is 0.199. The maximum absolute atomic E-state index is 12.3. The van der Waals surface area contributed by atoms with Gasteiger partial charge in [-0.05, 0) is 44.2 Å². The Morgan fingerprint density at radius 3 is 2.77 bits per heavy atom. The Balaban J connectivity index is 1.43. The predicted octanol–water partition coefficient (Wildman–Crippen LogP) is 2.74. The van der Waals surface area contributed by atoms with Crippen LogP contribution in [0.4, 0.5) is 5.82 Å². The third-order valence-electron chi connectivity index (χ3n) is 4.66. The van der Waals surface area contributed by atoms with Gasteiger partial charge >= 0.3 is 0 Å². The van der Waals surface area contributed by atoms with E-state index >= 15 is 0 Å².